The number of carbonyl (C=O) groups excluding carboxylic acids is 3. The number of hydrogen-bond donors (Lipinski definition) is 4. The van der Waals surface area contributed by atoms with Gasteiger partial charge < -0.3 is 30.3 Å². The molecule has 0 spiro atoms. The van der Waals surface area contributed by atoms with Gasteiger partial charge in [0.05, 0.1) is 6.61 Å². The Balaban J connectivity index is 1.21. The summed E-state index contributed by atoms with van der Waals surface area (Å²) >= 11 is 0. The number of aliphatic hydroxyl groups is 1. The summed E-state index contributed by atoms with van der Waals surface area (Å²) in [5.41, 5.74) is 2.00. The largest absolute Gasteiger partial charge is 0.504 e. The second-order valence-electron chi connectivity index (χ2n) is 13.4. The number of aliphatic hydroxyl groups excluding tert-OH is 1. The van der Waals surface area contributed by atoms with E-state index in [1.807, 2.05) is 30.3 Å². The average Bonchev–Trinajstić information content (AvgIpc) is 3.39. The highest BCUT2D eigenvalue weighted by atomic mass is 16.5. The van der Waals surface area contributed by atoms with E-state index in [1.54, 1.807) is 0 Å². The van der Waals surface area contributed by atoms with Gasteiger partial charge in [-0.15, -0.1) is 0 Å². The predicted octanol–water partition coefficient (Wildman–Crippen LogP) is 3.73. The van der Waals surface area contributed by atoms with E-state index in [4.69, 9.17) is 4.74 Å². The van der Waals surface area contributed by atoms with E-state index >= 15 is 0 Å². The maximum atomic E-state index is 13.9. The summed E-state index contributed by atoms with van der Waals surface area (Å²) in [6.07, 6.45) is 2.94. The lowest BCUT2D eigenvalue weighted by molar-refractivity contribution is -0.154. The van der Waals surface area contributed by atoms with Gasteiger partial charge >= 0.3 is 5.97 Å². The standard InChI is InChI=1S/C34H44N2O7/c1-33(2)29-23(13-15-34(29,33)3)14-17-43-32(42)25-10-7-16-36(25)31(41)24(18-21-8-5-4-6-9-21)35-30(40)28(39)20-22-11-12-26(37)27(38)19-22/h4-6,8-9,11-12,19,23-25,28-29,37-39H,7,10,13-18,20H2,1-3H3,(H,35,40). The van der Waals surface area contributed by atoms with E-state index in [9.17, 15) is 29.7 Å². The van der Waals surface area contributed by atoms with Crippen LogP contribution in [0.15, 0.2) is 48.5 Å². The predicted molar refractivity (Wildman–Crippen MR) is 160 cm³/mol. The van der Waals surface area contributed by atoms with Gasteiger partial charge in [0.1, 0.15) is 18.2 Å². The highest BCUT2D eigenvalue weighted by Crippen LogP contribution is 2.78. The average molecular weight is 593 g/mol. The lowest BCUT2D eigenvalue weighted by atomic mass is 9.88. The van der Waals surface area contributed by atoms with E-state index in [2.05, 4.69) is 26.1 Å². The van der Waals surface area contributed by atoms with Gasteiger partial charge in [-0.05, 0) is 78.0 Å². The minimum absolute atomic E-state index is 0.122. The monoisotopic (exact) mass is 592 g/mol. The van der Waals surface area contributed by atoms with Crippen LogP contribution >= 0.6 is 0 Å². The fraction of sp³-hybridized carbons (Fsp3) is 0.559. The maximum Gasteiger partial charge on any atom is 0.328 e. The van der Waals surface area contributed by atoms with Crippen molar-refractivity contribution in [3.63, 3.8) is 0 Å². The van der Waals surface area contributed by atoms with Crippen molar-refractivity contribution in [2.45, 2.75) is 83.9 Å². The highest BCUT2D eigenvalue weighted by Gasteiger charge is 2.72. The van der Waals surface area contributed by atoms with Gasteiger partial charge in [0.25, 0.3) is 0 Å². The van der Waals surface area contributed by atoms with Gasteiger partial charge in [0, 0.05) is 19.4 Å². The number of nitrogens with one attached hydrogen (secondary N) is 1. The third kappa shape index (κ3) is 6.23. The first-order valence-corrected chi connectivity index (χ1v) is 15.4. The van der Waals surface area contributed by atoms with E-state index in [1.165, 1.54) is 29.5 Å². The number of carbonyl (C=O) groups is 3. The summed E-state index contributed by atoms with van der Waals surface area (Å²) in [6, 6.07) is 11.6. The Kier molecular flexibility index (Phi) is 8.75. The van der Waals surface area contributed by atoms with Crippen molar-refractivity contribution in [3.8, 4) is 11.5 Å². The molecule has 0 bridgehead atoms. The summed E-state index contributed by atoms with van der Waals surface area (Å²) in [5.74, 6) is -0.976. The third-order valence-electron chi connectivity index (χ3n) is 10.6. The quantitative estimate of drug-likeness (QED) is 0.231. The number of hydrogen-bond acceptors (Lipinski definition) is 7. The van der Waals surface area contributed by atoms with Gasteiger partial charge in [-0.1, -0.05) is 57.2 Å². The van der Waals surface area contributed by atoms with Crippen LogP contribution in [-0.4, -0.2) is 69.3 Å². The number of likely N-dealkylation sites (tertiary alicyclic amines) is 1. The molecule has 2 aliphatic carbocycles. The molecule has 9 nitrogen and oxygen atoms in total. The zero-order valence-corrected chi connectivity index (χ0v) is 25.3. The lowest BCUT2D eigenvalue weighted by Crippen LogP contribution is -2.54. The zero-order valence-electron chi connectivity index (χ0n) is 25.3. The molecule has 232 valence electrons. The molecular formula is C34H44N2O7. The molecule has 6 unspecified atom stereocenters. The zero-order chi connectivity index (χ0) is 30.9. The minimum Gasteiger partial charge on any atom is -0.504 e. The van der Waals surface area contributed by atoms with Gasteiger partial charge in [-0.3, -0.25) is 9.59 Å². The number of ether oxygens (including phenoxy) is 1. The molecule has 4 N–H and O–H groups in total. The first-order valence-electron chi connectivity index (χ1n) is 15.4. The van der Waals surface area contributed by atoms with Crippen LogP contribution in [0.2, 0.25) is 0 Å². The second-order valence-corrected chi connectivity index (χ2v) is 13.4. The highest BCUT2D eigenvalue weighted by molar-refractivity contribution is 5.92. The Morgan fingerprint density at radius 1 is 1.00 bits per heavy atom. The molecule has 0 aromatic heterocycles. The lowest BCUT2D eigenvalue weighted by Gasteiger charge is -2.29. The molecule has 5 rings (SSSR count). The topological polar surface area (TPSA) is 136 Å². The van der Waals surface area contributed by atoms with Crippen LogP contribution < -0.4 is 5.32 Å². The Labute approximate surface area is 253 Å². The smallest absolute Gasteiger partial charge is 0.328 e. The first-order chi connectivity index (χ1) is 20.4. The fourth-order valence-electron chi connectivity index (χ4n) is 7.88. The molecule has 2 aromatic carbocycles. The molecule has 3 fully saturated rings. The summed E-state index contributed by atoms with van der Waals surface area (Å²) in [6.45, 7) is 7.76. The van der Waals surface area contributed by atoms with Crippen molar-refractivity contribution < 1.29 is 34.4 Å². The molecular weight excluding hydrogens is 548 g/mol. The Morgan fingerprint density at radius 2 is 1.74 bits per heavy atom. The Hall–Kier alpha value is -3.59. The van der Waals surface area contributed by atoms with E-state index in [-0.39, 0.29) is 24.3 Å². The Bertz CT molecular complexity index is 1350. The number of amides is 2. The maximum absolute atomic E-state index is 13.9. The molecule has 0 radical (unpaired) electrons. The summed E-state index contributed by atoms with van der Waals surface area (Å²) in [4.78, 5) is 41.6. The first kappa shape index (κ1) is 30.9. The number of phenols is 2. The molecule has 1 saturated heterocycles. The number of fused-ring (bicyclic) bond motifs is 1. The summed E-state index contributed by atoms with van der Waals surface area (Å²) < 4.78 is 5.74. The van der Waals surface area contributed by atoms with E-state index in [0.29, 0.717) is 54.2 Å². The molecule has 2 amide bonds. The fourth-order valence-corrected chi connectivity index (χ4v) is 7.88. The van der Waals surface area contributed by atoms with Gasteiger partial charge in [-0.2, -0.15) is 0 Å². The van der Waals surface area contributed by atoms with Gasteiger partial charge in [0.2, 0.25) is 11.8 Å². The molecule has 3 aliphatic rings. The SMILES string of the molecule is CC1(C)C2C(CCOC(=O)C3CCCN3C(=O)C(Cc3ccccc3)NC(=O)C(O)Cc3ccc(O)c(O)c3)CCC21C. The van der Waals surface area contributed by atoms with Crippen LogP contribution in [0.4, 0.5) is 0 Å². The normalized spacial score (nSPS) is 26.8. The van der Waals surface area contributed by atoms with Crippen molar-refractivity contribution in [2.75, 3.05) is 13.2 Å². The Morgan fingerprint density at radius 3 is 2.42 bits per heavy atom. The molecule has 1 aliphatic heterocycles. The number of rotatable bonds is 11. The van der Waals surface area contributed by atoms with Crippen LogP contribution in [0.3, 0.4) is 0 Å². The van der Waals surface area contributed by atoms with Crippen molar-refractivity contribution in [3.05, 3.63) is 59.7 Å². The number of esters is 1. The minimum atomic E-state index is -1.50. The van der Waals surface area contributed by atoms with Crippen molar-refractivity contribution >= 4 is 17.8 Å². The number of phenolic OH excluding ortho intramolecular Hbond substituents is 2. The summed E-state index contributed by atoms with van der Waals surface area (Å²) in [7, 11) is 0. The number of benzene rings is 2. The molecule has 6 atom stereocenters. The van der Waals surface area contributed by atoms with Crippen molar-refractivity contribution in [1.82, 2.24) is 10.2 Å². The molecule has 2 aromatic rings. The number of aromatic hydroxyl groups is 2. The van der Waals surface area contributed by atoms with Crippen LogP contribution in [0, 0.1) is 22.7 Å². The molecule has 2 saturated carbocycles. The van der Waals surface area contributed by atoms with E-state index < -0.39 is 36.0 Å². The third-order valence-corrected chi connectivity index (χ3v) is 10.6. The van der Waals surface area contributed by atoms with Gasteiger partial charge in [0.15, 0.2) is 11.5 Å². The molecule has 1 heterocycles. The number of nitrogens with zero attached hydrogens (tertiary/aromatic N) is 1. The van der Waals surface area contributed by atoms with Crippen molar-refractivity contribution in [2.24, 2.45) is 22.7 Å². The van der Waals surface area contributed by atoms with Crippen molar-refractivity contribution in [1.29, 1.82) is 0 Å². The van der Waals surface area contributed by atoms with Crippen LogP contribution in [-0.2, 0) is 32.0 Å². The molecule has 9 heteroatoms. The second kappa shape index (κ2) is 12.2. The molecule has 43 heavy (non-hydrogen) atoms. The van der Waals surface area contributed by atoms with Crippen LogP contribution in [0.5, 0.6) is 11.5 Å². The van der Waals surface area contributed by atoms with Crippen LogP contribution in [0.1, 0.15) is 64.0 Å². The van der Waals surface area contributed by atoms with Crippen LogP contribution in [0.25, 0.3) is 0 Å². The van der Waals surface area contributed by atoms with Gasteiger partial charge in [-0.25, -0.2) is 4.79 Å². The van der Waals surface area contributed by atoms with E-state index in [0.717, 1.165) is 18.4 Å². The summed E-state index contributed by atoms with van der Waals surface area (Å²) in [5, 5.41) is 32.6.